The summed E-state index contributed by atoms with van der Waals surface area (Å²) < 4.78 is 5.03. The molecule has 5 atom stereocenters. The van der Waals surface area contributed by atoms with Gasteiger partial charge in [-0.3, -0.25) is 0 Å². The van der Waals surface area contributed by atoms with E-state index in [0.29, 0.717) is 6.42 Å². The maximum Gasteiger partial charge on any atom is 0.0721 e. The Kier molecular flexibility index (Phi) is 12.1. The topological polar surface area (TPSA) is 69.9 Å². The molecule has 0 aromatic heterocycles. The third kappa shape index (κ3) is 9.00. The second kappa shape index (κ2) is 13.5. The fourth-order valence-corrected chi connectivity index (χ4v) is 3.54. The SMILES string of the molecule is CCCCC[C@H](O)/C=C/[C@@H]1C(C/C=C\CCCCOC)[C@@H](O)C[C@H]1O. The van der Waals surface area contributed by atoms with Crippen LogP contribution in [0, 0.1) is 11.8 Å². The minimum atomic E-state index is -0.519. The van der Waals surface area contributed by atoms with E-state index in [-0.39, 0.29) is 11.8 Å². The van der Waals surface area contributed by atoms with Crippen LogP contribution in [-0.2, 0) is 4.74 Å². The van der Waals surface area contributed by atoms with Crippen LogP contribution >= 0.6 is 0 Å². The van der Waals surface area contributed by atoms with Gasteiger partial charge >= 0.3 is 0 Å². The first-order valence-corrected chi connectivity index (χ1v) is 9.96. The second-order valence-corrected chi connectivity index (χ2v) is 7.26. The number of unbranched alkanes of at least 4 members (excludes halogenated alkanes) is 4. The van der Waals surface area contributed by atoms with E-state index in [1.165, 1.54) is 0 Å². The molecule has 1 saturated carbocycles. The maximum atomic E-state index is 10.2. The van der Waals surface area contributed by atoms with Gasteiger partial charge in [-0.05, 0) is 38.0 Å². The molecule has 0 aliphatic heterocycles. The minimum Gasteiger partial charge on any atom is -0.393 e. The third-order valence-corrected chi connectivity index (χ3v) is 5.12. The fourth-order valence-electron chi connectivity index (χ4n) is 3.54. The molecule has 0 aromatic carbocycles. The van der Waals surface area contributed by atoms with Gasteiger partial charge in [-0.2, -0.15) is 0 Å². The van der Waals surface area contributed by atoms with Gasteiger partial charge in [0.2, 0.25) is 0 Å². The van der Waals surface area contributed by atoms with Crippen LogP contribution < -0.4 is 0 Å². The Morgan fingerprint density at radius 2 is 1.88 bits per heavy atom. The zero-order valence-corrected chi connectivity index (χ0v) is 16.0. The number of ether oxygens (including phenoxy) is 1. The van der Waals surface area contributed by atoms with Gasteiger partial charge in [0, 0.05) is 26.1 Å². The molecule has 1 aliphatic rings. The van der Waals surface area contributed by atoms with Crippen LogP contribution in [0.1, 0.15) is 64.7 Å². The van der Waals surface area contributed by atoms with Gasteiger partial charge in [-0.1, -0.05) is 50.5 Å². The van der Waals surface area contributed by atoms with E-state index in [2.05, 4.69) is 19.1 Å². The summed E-state index contributed by atoms with van der Waals surface area (Å²) in [5.74, 6) is -0.0433. The normalized spacial score (nSPS) is 28.4. The zero-order chi connectivity index (χ0) is 18.5. The van der Waals surface area contributed by atoms with Crippen molar-refractivity contribution in [2.75, 3.05) is 13.7 Å². The van der Waals surface area contributed by atoms with E-state index in [0.717, 1.165) is 58.0 Å². The molecule has 4 nitrogen and oxygen atoms in total. The summed E-state index contributed by atoms with van der Waals surface area (Å²) in [4.78, 5) is 0. The molecule has 0 amide bonds. The third-order valence-electron chi connectivity index (χ3n) is 5.12. The van der Waals surface area contributed by atoms with Crippen molar-refractivity contribution >= 4 is 0 Å². The van der Waals surface area contributed by atoms with Crippen molar-refractivity contribution in [2.24, 2.45) is 11.8 Å². The highest BCUT2D eigenvalue weighted by Gasteiger charge is 2.39. The van der Waals surface area contributed by atoms with Crippen LogP contribution in [-0.4, -0.2) is 47.3 Å². The number of aliphatic hydroxyl groups is 3. The van der Waals surface area contributed by atoms with Crippen LogP contribution in [0.25, 0.3) is 0 Å². The molecule has 1 rings (SSSR count). The Balaban J connectivity index is 2.42. The Morgan fingerprint density at radius 3 is 2.60 bits per heavy atom. The predicted octanol–water partition coefficient (Wildman–Crippen LogP) is 3.60. The van der Waals surface area contributed by atoms with E-state index >= 15 is 0 Å². The van der Waals surface area contributed by atoms with E-state index in [1.54, 1.807) is 7.11 Å². The molecule has 0 aromatic rings. The van der Waals surface area contributed by atoms with Gasteiger partial charge in [0.1, 0.15) is 0 Å². The lowest BCUT2D eigenvalue weighted by atomic mass is 9.89. The minimum absolute atomic E-state index is 0.0318. The Labute approximate surface area is 153 Å². The van der Waals surface area contributed by atoms with Crippen molar-refractivity contribution in [1.29, 1.82) is 0 Å². The number of methoxy groups -OCH3 is 1. The summed E-state index contributed by atoms with van der Waals surface area (Å²) in [6, 6.07) is 0. The van der Waals surface area contributed by atoms with Gasteiger partial charge < -0.3 is 20.1 Å². The monoisotopic (exact) mass is 354 g/mol. The molecule has 3 N–H and O–H groups in total. The largest absolute Gasteiger partial charge is 0.393 e. The molecule has 0 saturated heterocycles. The lowest BCUT2D eigenvalue weighted by molar-refractivity contribution is 0.120. The molecule has 4 heteroatoms. The molecule has 0 radical (unpaired) electrons. The number of hydrogen-bond acceptors (Lipinski definition) is 4. The number of allylic oxidation sites excluding steroid dienone is 2. The standard InChI is InChI=1S/C21H38O4/c1-3-4-8-11-17(22)13-14-19-18(20(23)16-21(19)24)12-9-6-5-7-10-15-25-2/h6,9,13-14,17-24H,3-5,7-8,10-12,15-16H2,1-2H3/b9-6-,14-13+/t17-,18?,19+,20-,21+/m0/s1. The summed E-state index contributed by atoms with van der Waals surface area (Å²) in [6.45, 7) is 2.95. The van der Waals surface area contributed by atoms with Crippen molar-refractivity contribution in [2.45, 2.75) is 83.0 Å². The van der Waals surface area contributed by atoms with Crippen molar-refractivity contribution in [3.8, 4) is 0 Å². The van der Waals surface area contributed by atoms with Crippen molar-refractivity contribution in [1.82, 2.24) is 0 Å². The first-order valence-electron chi connectivity index (χ1n) is 9.96. The van der Waals surface area contributed by atoms with E-state index in [4.69, 9.17) is 4.74 Å². The van der Waals surface area contributed by atoms with Crippen LogP contribution in [0.2, 0.25) is 0 Å². The molecular weight excluding hydrogens is 316 g/mol. The average molecular weight is 355 g/mol. The molecule has 0 bridgehead atoms. The van der Waals surface area contributed by atoms with Gasteiger partial charge in [0.05, 0.1) is 18.3 Å². The van der Waals surface area contributed by atoms with Crippen LogP contribution in [0.5, 0.6) is 0 Å². The molecular formula is C21H38O4. The van der Waals surface area contributed by atoms with Gasteiger partial charge in [0.25, 0.3) is 0 Å². The Bertz CT molecular complexity index is 380. The van der Waals surface area contributed by atoms with Gasteiger partial charge in [0.15, 0.2) is 0 Å². The number of rotatable bonds is 13. The molecule has 0 heterocycles. The van der Waals surface area contributed by atoms with Gasteiger partial charge in [-0.15, -0.1) is 0 Å². The summed E-state index contributed by atoms with van der Waals surface area (Å²) in [5.41, 5.74) is 0. The highest BCUT2D eigenvalue weighted by molar-refractivity contribution is 5.06. The van der Waals surface area contributed by atoms with E-state index in [1.807, 2.05) is 12.2 Å². The van der Waals surface area contributed by atoms with E-state index in [9.17, 15) is 15.3 Å². The average Bonchev–Trinajstić information content (AvgIpc) is 2.85. The maximum absolute atomic E-state index is 10.2. The van der Waals surface area contributed by atoms with Crippen molar-refractivity contribution in [3.05, 3.63) is 24.3 Å². The van der Waals surface area contributed by atoms with Crippen LogP contribution in [0.3, 0.4) is 0 Å². The smallest absolute Gasteiger partial charge is 0.0721 e. The lowest BCUT2D eigenvalue weighted by Crippen LogP contribution is -2.20. The summed E-state index contributed by atoms with van der Waals surface area (Å²) in [7, 11) is 1.72. The Hall–Kier alpha value is -0.680. The summed E-state index contributed by atoms with van der Waals surface area (Å²) >= 11 is 0. The Morgan fingerprint density at radius 1 is 1.08 bits per heavy atom. The van der Waals surface area contributed by atoms with Crippen LogP contribution in [0.15, 0.2) is 24.3 Å². The van der Waals surface area contributed by atoms with Crippen molar-refractivity contribution < 1.29 is 20.1 Å². The van der Waals surface area contributed by atoms with Gasteiger partial charge in [-0.25, -0.2) is 0 Å². The second-order valence-electron chi connectivity index (χ2n) is 7.26. The predicted molar refractivity (Wildman–Crippen MR) is 102 cm³/mol. The summed E-state index contributed by atoms with van der Waals surface area (Å²) in [5, 5.41) is 30.5. The summed E-state index contributed by atoms with van der Waals surface area (Å²) in [6.07, 6.45) is 15.0. The number of aliphatic hydroxyl groups excluding tert-OH is 3. The molecule has 0 spiro atoms. The van der Waals surface area contributed by atoms with Crippen molar-refractivity contribution in [3.63, 3.8) is 0 Å². The first kappa shape index (κ1) is 22.4. The quantitative estimate of drug-likeness (QED) is 0.349. The molecule has 1 unspecified atom stereocenters. The fraction of sp³-hybridized carbons (Fsp3) is 0.810. The van der Waals surface area contributed by atoms with Crippen LogP contribution in [0.4, 0.5) is 0 Å². The first-order chi connectivity index (χ1) is 12.1. The zero-order valence-electron chi connectivity index (χ0n) is 16.0. The highest BCUT2D eigenvalue weighted by atomic mass is 16.5. The van der Waals surface area contributed by atoms with E-state index < -0.39 is 18.3 Å². The molecule has 1 fully saturated rings. The molecule has 146 valence electrons. The molecule has 1 aliphatic carbocycles. The highest BCUT2D eigenvalue weighted by Crippen LogP contribution is 2.36. The number of hydrogen-bond donors (Lipinski definition) is 3. The lowest BCUT2D eigenvalue weighted by Gasteiger charge is -2.19. The molecule has 25 heavy (non-hydrogen) atoms.